The molecular formula is C24H30N2O4. The lowest BCUT2D eigenvalue weighted by atomic mass is 10.1. The maximum absolute atomic E-state index is 12.4. The Kier molecular flexibility index (Phi) is 7.11. The monoisotopic (exact) mass is 410 g/mol. The number of amides is 1. The lowest BCUT2D eigenvalue weighted by molar-refractivity contribution is -0.127. The van der Waals surface area contributed by atoms with E-state index in [1.54, 1.807) is 6.08 Å². The van der Waals surface area contributed by atoms with Crippen molar-refractivity contribution in [1.29, 1.82) is 0 Å². The van der Waals surface area contributed by atoms with Gasteiger partial charge in [0.2, 0.25) is 17.1 Å². The number of rotatable bonds is 6. The minimum atomic E-state index is -0.182. The van der Waals surface area contributed by atoms with E-state index in [9.17, 15) is 9.59 Å². The summed E-state index contributed by atoms with van der Waals surface area (Å²) in [6, 6.07) is 7.69. The largest absolute Gasteiger partial charge is 0.482 e. The number of ether oxygens (including phenoxy) is 1. The van der Waals surface area contributed by atoms with Gasteiger partial charge in [-0.3, -0.25) is 14.5 Å². The van der Waals surface area contributed by atoms with Gasteiger partial charge in [-0.25, -0.2) is 0 Å². The van der Waals surface area contributed by atoms with E-state index >= 15 is 0 Å². The van der Waals surface area contributed by atoms with Crippen molar-refractivity contribution in [2.75, 3.05) is 26.2 Å². The van der Waals surface area contributed by atoms with E-state index in [-0.39, 0.29) is 17.1 Å². The zero-order valence-electron chi connectivity index (χ0n) is 18.2. The Morgan fingerprint density at radius 2 is 1.73 bits per heavy atom. The van der Waals surface area contributed by atoms with Crippen LogP contribution >= 0.6 is 0 Å². The molecule has 6 nitrogen and oxygen atoms in total. The zero-order chi connectivity index (χ0) is 21.7. The zero-order valence-corrected chi connectivity index (χ0v) is 18.2. The van der Waals surface area contributed by atoms with Crippen molar-refractivity contribution in [2.45, 2.75) is 40.8 Å². The molecule has 0 spiro atoms. The van der Waals surface area contributed by atoms with Crippen LogP contribution in [0.15, 0.2) is 51.4 Å². The third-order valence-corrected chi connectivity index (χ3v) is 5.00. The maximum Gasteiger partial charge on any atom is 0.246 e. The highest BCUT2D eigenvalue weighted by Gasteiger charge is 2.20. The van der Waals surface area contributed by atoms with Crippen LogP contribution in [0, 0.1) is 13.8 Å². The molecule has 160 valence electrons. The second kappa shape index (κ2) is 9.76. The lowest BCUT2D eigenvalue weighted by Gasteiger charge is -2.33. The van der Waals surface area contributed by atoms with Gasteiger partial charge in [0, 0.05) is 38.3 Å². The summed E-state index contributed by atoms with van der Waals surface area (Å²) in [5, 5.41) is 0. The second-order valence-electron chi connectivity index (χ2n) is 8.18. The summed E-state index contributed by atoms with van der Waals surface area (Å²) in [7, 11) is 0. The van der Waals surface area contributed by atoms with Gasteiger partial charge in [-0.15, -0.1) is 0 Å². The molecule has 6 heteroatoms. The third kappa shape index (κ3) is 6.07. The fourth-order valence-corrected chi connectivity index (χ4v) is 3.63. The molecule has 1 aliphatic heterocycles. The van der Waals surface area contributed by atoms with Crippen molar-refractivity contribution in [2.24, 2.45) is 0 Å². The van der Waals surface area contributed by atoms with Gasteiger partial charge in [0.1, 0.15) is 18.6 Å². The summed E-state index contributed by atoms with van der Waals surface area (Å²) >= 11 is 0. The van der Waals surface area contributed by atoms with Crippen LogP contribution in [0.1, 0.15) is 36.3 Å². The van der Waals surface area contributed by atoms with Crippen LogP contribution in [-0.4, -0.2) is 41.9 Å². The van der Waals surface area contributed by atoms with Gasteiger partial charge in [0.15, 0.2) is 0 Å². The Morgan fingerprint density at radius 1 is 1.07 bits per heavy atom. The standard InChI is InChI=1S/C24H30N2O4/c1-17(2)9-24(28)26-7-5-25(6-8-26)14-21-13-22(27)23(16-29-21)30-15-20-11-18(3)10-19(4)12-20/h9-13,16H,5-8,14-15H2,1-4H3. The number of carbonyl (C=O) groups is 1. The lowest BCUT2D eigenvalue weighted by Crippen LogP contribution is -2.47. The Balaban J connectivity index is 1.54. The molecule has 2 heterocycles. The minimum absolute atomic E-state index is 0.0616. The minimum Gasteiger partial charge on any atom is -0.482 e. The van der Waals surface area contributed by atoms with E-state index in [1.807, 2.05) is 44.7 Å². The molecule has 0 bridgehead atoms. The summed E-state index contributed by atoms with van der Waals surface area (Å²) in [6.45, 7) is 11.6. The summed E-state index contributed by atoms with van der Waals surface area (Å²) in [5.74, 6) is 0.879. The van der Waals surface area contributed by atoms with E-state index < -0.39 is 0 Å². The normalized spacial score (nSPS) is 14.5. The number of hydrogen-bond donors (Lipinski definition) is 0. The number of benzene rings is 1. The highest BCUT2D eigenvalue weighted by atomic mass is 16.5. The van der Waals surface area contributed by atoms with E-state index in [0.717, 1.165) is 24.2 Å². The molecule has 0 atom stereocenters. The smallest absolute Gasteiger partial charge is 0.246 e. The topological polar surface area (TPSA) is 63.0 Å². The molecule has 1 amide bonds. The van der Waals surface area contributed by atoms with Gasteiger partial charge in [0.05, 0.1) is 6.54 Å². The molecule has 3 rings (SSSR count). The van der Waals surface area contributed by atoms with Crippen LogP contribution < -0.4 is 10.2 Å². The van der Waals surface area contributed by atoms with Gasteiger partial charge in [0.25, 0.3) is 0 Å². The van der Waals surface area contributed by atoms with E-state index in [4.69, 9.17) is 9.15 Å². The Labute approximate surface area is 177 Å². The summed E-state index contributed by atoms with van der Waals surface area (Å²) in [5.41, 5.74) is 4.18. The highest BCUT2D eigenvalue weighted by Crippen LogP contribution is 2.14. The first-order valence-corrected chi connectivity index (χ1v) is 10.3. The average molecular weight is 411 g/mol. The van der Waals surface area contributed by atoms with E-state index in [0.29, 0.717) is 32.0 Å². The number of nitrogens with zero attached hydrogens (tertiary/aromatic N) is 2. The van der Waals surface area contributed by atoms with Crippen LogP contribution in [0.25, 0.3) is 0 Å². The van der Waals surface area contributed by atoms with Crippen molar-refractivity contribution >= 4 is 5.91 Å². The predicted octanol–water partition coefficient (Wildman–Crippen LogP) is 3.45. The Hall–Kier alpha value is -2.86. The molecule has 0 radical (unpaired) electrons. The first kappa shape index (κ1) is 21.8. The molecular weight excluding hydrogens is 380 g/mol. The van der Waals surface area contributed by atoms with Gasteiger partial charge in [-0.2, -0.15) is 0 Å². The average Bonchev–Trinajstić information content (AvgIpc) is 2.66. The van der Waals surface area contributed by atoms with Gasteiger partial charge >= 0.3 is 0 Å². The quantitative estimate of drug-likeness (QED) is 0.683. The van der Waals surface area contributed by atoms with Gasteiger partial charge in [-0.05, 0) is 33.3 Å². The summed E-state index contributed by atoms with van der Waals surface area (Å²) < 4.78 is 11.3. The second-order valence-corrected chi connectivity index (χ2v) is 8.18. The Bertz CT molecular complexity index is 961. The molecule has 1 aliphatic rings. The van der Waals surface area contributed by atoms with E-state index in [2.05, 4.69) is 11.0 Å². The number of allylic oxidation sites excluding steroid dienone is 1. The molecule has 0 N–H and O–H groups in total. The molecule has 30 heavy (non-hydrogen) atoms. The maximum atomic E-state index is 12.4. The van der Waals surface area contributed by atoms with Crippen LogP contribution in [0.5, 0.6) is 5.75 Å². The fourth-order valence-electron chi connectivity index (χ4n) is 3.63. The molecule has 2 aromatic rings. The van der Waals surface area contributed by atoms with Crippen LogP contribution in [-0.2, 0) is 17.9 Å². The predicted molar refractivity (Wildman–Crippen MR) is 117 cm³/mol. The summed E-state index contributed by atoms with van der Waals surface area (Å²) in [6.07, 6.45) is 3.07. The van der Waals surface area contributed by atoms with E-state index in [1.165, 1.54) is 23.5 Å². The van der Waals surface area contributed by atoms with Crippen molar-refractivity contribution < 1.29 is 13.9 Å². The molecule has 1 saturated heterocycles. The molecule has 0 saturated carbocycles. The molecule has 1 fully saturated rings. The van der Waals surface area contributed by atoms with Crippen LogP contribution in [0.2, 0.25) is 0 Å². The first-order chi connectivity index (χ1) is 14.3. The first-order valence-electron chi connectivity index (χ1n) is 10.3. The molecule has 0 aliphatic carbocycles. The number of piperazine rings is 1. The Morgan fingerprint density at radius 3 is 2.33 bits per heavy atom. The number of hydrogen-bond acceptors (Lipinski definition) is 5. The highest BCUT2D eigenvalue weighted by molar-refractivity contribution is 5.88. The molecule has 1 aromatic carbocycles. The van der Waals surface area contributed by atoms with Gasteiger partial charge in [-0.1, -0.05) is 34.9 Å². The fraction of sp³-hybridized carbons (Fsp3) is 0.417. The van der Waals surface area contributed by atoms with Crippen molar-refractivity contribution in [3.05, 3.63) is 74.9 Å². The molecule has 0 unspecified atom stereocenters. The van der Waals surface area contributed by atoms with Crippen molar-refractivity contribution in [3.63, 3.8) is 0 Å². The van der Waals surface area contributed by atoms with Crippen LogP contribution in [0.4, 0.5) is 0 Å². The van der Waals surface area contributed by atoms with Crippen LogP contribution in [0.3, 0.4) is 0 Å². The third-order valence-electron chi connectivity index (χ3n) is 5.00. The van der Waals surface area contributed by atoms with Gasteiger partial charge < -0.3 is 14.1 Å². The SMILES string of the molecule is CC(C)=CC(=O)N1CCN(Cc2cc(=O)c(OCc3cc(C)cc(C)c3)co2)CC1. The number of aryl methyl sites for hydroxylation is 2. The molecule has 1 aromatic heterocycles. The summed E-state index contributed by atoms with van der Waals surface area (Å²) in [4.78, 5) is 28.6. The number of carbonyl (C=O) groups excluding carboxylic acids is 1. The van der Waals surface area contributed by atoms with Crippen molar-refractivity contribution in [1.82, 2.24) is 9.80 Å². The van der Waals surface area contributed by atoms with Crippen molar-refractivity contribution in [3.8, 4) is 5.75 Å².